The van der Waals surface area contributed by atoms with Gasteiger partial charge in [0.1, 0.15) is 5.75 Å². The van der Waals surface area contributed by atoms with Crippen LogP contribution in [0, 0.1) is 11.3 Å². The van der Waals surface area contributed by atoms with Gasteiger partial charge in [-0.15, -0.1) is 0 Å². The highest BCUT2D eigenvalue weighted by Crippen LogP contribution is 2.15. The normalized spacial score (nSPS) is 9.54. The molecule has 0 atom stereocenters. The summed E-state index contributed by atoms with van der Waals surface area (Å²) in [6.45, 7) is -0.264. The van der Waals surface area contributed by atoms with Gasteiger partial charge in [-0.3, -0.25) is 25.8 Å². The minimum atomic E-state index is -0.494. The molecule has 2 aromatic carbocycles. The van der Waals surface area contributed by atoms with Crippen LogP contribution in [0.15, 0.2) is 53.0 Å². The molecule has 0 aliphatic heterocycles. The third-order valence-corrected chi connectivity index (χ3v) is 3.91. The molecular weight excluding hydrogens is 420 g/mol. The first-order valence-corrected chi connectivity index (χ1v) is 8.47. The number of nitrogens with one attached hydrogen (secondary N) is 3. The summed E-state index contributed by atoms with van der Waals surface area (Å²) in [5, 5.41) is 11.1. The molecule has 0 aromatic heterocycles. The van der Waals surface area contributed by atoms with Crippen LogP contribution in [0.25, 0.3) is 0 Å². The zero-order chi connectivity index (χ0) is 18.9. The van der Waals surface area contributed by atoms with Crippen molar-refractivity contribution >= 4 is 45.1 Å². The van der Waals surface area contributed by atoms with Crippen molar-refractivity contribution in [2.75, 3.05) is 6.61 Å². The summed E-state index contributed by atoms with van der Waals surface area (Å²) in [6.07, 6.45) is 0. The summed E-state index contributed by atoms with van der Waals surface area (Å²) in [4.78, 5) is 23.8. The van der Waals surface area contributed by atoms with E-state index in [1.54, 1.807) is 48.5 Å². The van der Waals surface area contributed by atoms with Crippen molar-refractivity contribution in [2.24, 2.45) is 0 Å². The molecule has 0 radical (unpaired) electrons. The number of nitriles is 1. The monoisotopic (exact) mass is 432 g/mol. The number of benzene rings is 2. The van der Waals surface area contributed by atoms with Crippen LogP contribution in [-0.4, -0.2) is 23.5 Å². The fourth-order valence-corrected chi connectivity index (χ4v) is 2.39. The Morgan fingerprint density at radius 1 is 1.12 bits per heavy atom. The molecule has 2 aromatic rings. The van der Waals surface area contributed by atoms with Gasteiger partial charge >= 0.3 is 0 Å². The molecule has 26 heavy (non-hydrogen) atoms. The van der Waals surface area contributed by atoms with Crippen LogP contribution >= 0.6 is 28.1 Å². The van der Waals surface area contributed by atoms with E-state index in [-0.39, 0.29) is 11.7 Å². The highest BCUT2D eigenvalue weighted by Gasteiger charge is 2.11. The first kappa shape index (κ1) is 19.4. The van der Waals surface area contributed by atoms with Gasteiger partial charge in [0.25, 0.3) is 11.8 Å². The SMILES string of the molecule is N#Cc1ccc(OCC(=O)NNC(=S)NC(=O)c2ccccc2Br)cc1. The fraction of sp³-hybridized carbons (Fsp3) is 0.0588. The van der Waals surface area contributed by atoms with Gasteiger partial charge in [0, 0.05) is 4.47 Å². The molecule has 0 bridgehead atoms. The highest BCUT2D eigenvalue weighted by molar-refractivity contribution is 9.10. The lowest BCUT2D eigenvalue weighted by Crippen LogP contribution is -2.49. The number of hydrogen-bond donors (Lipinski definition) is 3. The van der Waals surface area contributed by atoms with E-state index < -0.39 is 11.8 Å². The smallest absolute Gasteiger partial charge is 0.276 e. The molecule has 0 saturated carbocycles. The summed E-state index contributed by atoms with van der Waals surface area (Å²) < 4.78 is 5.89. The molecule has 9 heteroatoms. The van der Waals surface area contributed by atoms with Crippen LogP contribution in [0.5, 0.6) is 5.75 Å². The molecule has 0 heterocycles. The number of halogens is 1. The molecule has 2 amide bonds. The van der Waals surface area contributed by atoms with Crippen molar-refractivity contribution in [1.29, 1.82) is 5.26 Å². The second-order valence-corrected chi connectivity index (χ2v) is 6.12. The lowest BCUT2D eigenvalue weighted by molar-refractivity contribution is -0.123. The van der Waals surface area contributed by atoms with Gasteiger partial charge in [0.15, 0.2) is 11.7 Å². The maximum Gasteiger partial charge on any atom is 0.276 e. The number of rotatable bonds is 4. The Bertz CT molecular complexity index is 865. The molecule has 0 fully saturated rings. The summed E-state index contributed by atoms with van der Waals surface area (Å²) >= 11 is 8.22. The first-order chi connectivity index (χ1) is 12.5. The van der Waals surface area contributed by atoms with Crippen molar-refractivity contribution in [2.45, 2.75) is 0 Å². The zero-order valence-electron chi connectivity index (χ0n) is 13.3. The van der Waals surface area contributed by atoms with Gasteiger partial charge in [-0.1, -0.05) is 12.1 Å². The number of ether oxygens (including phenoxy) is 1. The molecule has 0 unspecified atom stereocenters. The Morgan fingerprint density at radius 3 is 2.46 bits per heavy atom. The number of hydrogen-bond acceptors (Lipinski definition) is 5. The first-order valence-electron chi connectivity index (χ1n) is 7.27. The second kappa shape index (κ2) is 9.50. The zero-order valence-corrected chi connectivity index (χ0v) is 15.7. The predicted octanol–water partition coefficient (Wildman–Crippen LogP) is 2.04. The largest absolute Gasteiger partial charge is 0.484 e. The van der Waals surface area contributed by atoms with E-state index in [1.165, 1.54) is 0 Å². The van der Waals surface area contributed by atoms with Crippen LogP contribution in [-0.2, 0) is 4.79 Å². The van der Waals surface area contributed by atoms with Crippen molar-refractivity contribution in [3.8, 4) is 11.8 Å². The average Bonchev–Trinajstić information content (AvgIpc) is 2.65. The summed E-state index contributed by atoms with van der Waals surface area (Å²) in [6, 6.07) is 15.2. The quantitative estimate of drug-likeness (QED) is 0.504. The van der Waals surface area contributed by atoms with E-state index in [9.17, 15) is 9.59 Å². The number of hydrazine groups is 1. The minimum Gasteiger partial charge on any atom is -0.484 e. The molecule has 2 rings (SSSR count). The van der Waals surface area contributed by atoms with Gasteiger partial charge in [-0.2, -0.15) is 5.26 Å². The Hall–Kier alpha value is -2.96. The fourth-order valence-electron chi connectivity index (χ4n) is 1.78. The van der Waals surface area contributed by atoms with Crippen molar-refractivity contribution in [3.63, 3.8) is 0 Å². The molecular formula is C17H13BrN4O3S. The molecule has 0 aliphatic carbocycles. The topological polar surface area (TPSA) is 103 Å². The van der Waals surface area contributed by atoms with Crippen LogP contribution in [0.1, 0.15) is 15.9 Å². The van der Waals surface area contributed by atoms with E-state index in [2.05, 4.69) is 32.1 Å². The Morgan fingerprint density at radius 2 is 1.81 bits per heavy atom. The molecule has 0 saturated heterocycles. The number of nitrogens with zero attached hydrogens (tertiary/aromatic N) is 1. The van der Waals surface area contributed by atoms with Gasteiger partial charge in [-0.05, 0) is 64.5 Å². The standard InChI is InChI=1S/C17H13BrN4O3S/c18-14-4-2-1-3-13(14)16(24)20-17(26)22-21-15(23)10-25-12-7-5-11(9-19)6-8-12/h1-8H,10H2,(H,21,23)(H2,20,22,24,26). The molecule has 0 aliphatic rings. The molecule has 132 valence electrons. The van der Waals surface area contributed by atoms with E-state index >= 15 is 0 Å². The second-order valence-electron chi connectivity index (χ2n) is 4.86. The Kier molecular flexibility index (Phi) is 7.08. The summed E-state index contributed by atoms with van der Waals surface area (Å²) in [7, 11) is 0. The van der Waals surface area contributed by atoms with E-state index in [1.807, 2.05) is 6.07 Å². The number of thiocarbonyl (C=S) groups is 1. The molecule has 0 spiro atoms. The van der Waals surface area contributed by atoms with Crippen LogP contribution < -0.4 is 20.9 Å². The number of carbonyl (C=O) groups excluding carboxylic acids is 2. The van der Waals surface area contributed by atoms with Crippen LogP contribution in [0.4, 0.5) is 0 Å². The summed E-state index contributed by atoms with van der Waals surface area (Å²) in [5.74, 6) is -0.464. The van der Waals surface area contributed by atoms with Gasteiger partial charge < -0.3 is 4.74 Å². The van der Waals surface area contributed by atoms with Gasteiger partial charge in [0.2, 0.25) is 0 Å². The van der Waals surface area contributed by atoms with Crippen molar-refractivity contribution in [3.05, 3.63) is 64.1 Å². The lowest BCUT2D eigenvalue weighted by Gasteiger charge is -2.12. The molecule has 3 N–H and O–H groups in total. The predicted molar refractivity (Wildman–Crippen MR) is 102 cm³/mol. The Balaban J connectivity index is 1.74. The number of carbonyl (C=O) groups is 2. The van der Waals surface area contributed by atoms with E-state index in [4.69, 9.17) is 22.2 Å². The van der Waals surface area contributed by atoms with Crippen molar-refractivity contribution in [1.82, 2.24) is 16.2 Å². The third-order valence-electron chi connectivity index (χ3n) is 3.01. The van der Waals surface area contributed by atoms with E-state index in [0.717, 1.165) is 0 Å². The lowest BCUT2D eigenvalue weighted by atomic mass is 10.2. The van der Waals surface area contributed by atoms with Gasteiger partial charge in [0.05, 0.1) is 17.2 Å². The van der Waals surface area contributed by atoms with Gasteiger partial charge in [-0.25, -0.2) is 0 Å². The van der Waals surface area contributed by atoms with Crippen LogP contribution in [0.2, 0.25) is 0 Å². The number of amides is 2. The minimum absolute atomic E-state index is 0.0579. The maximum atomic E-state index is 12.1. The van der Waals surface area contributed by atoms with Crippen LogP contribution in [0.3, 0.4) is 0 Å². The summed E-state index contributed by atoms with van der Waals surface area (Å²) in [5.41, 5.74) is 5.64. The average molecular weight is 433 g/mol. The highest BCUT2D eigenvalue weighted by atomic mass is 79.9. The van der Waals surface area contributed by atoms with E-state index in [0.29, 0.717) is 21.3 Å². The Labute approximate surface area is 163 Å². The van der Waals surface area contributed by atoms with Crippen molar-refractivity contribution < 1.29 is 14.3 Å². The molecule has 7 nitrogen and oxygen atoms in total. The maximum absolute atomic E-state index is 12.1. The third kappa shape index (κ3) is 5.84.